The van der Waals surface area contributed by atoms with E-state index < -0.39 is 0 Å². The molecule has 1 N–H and O–H groups in total. The molecule has 0 aliphatic carbocycles. The molecule has 0 amide bonds. The maximum absolute atomic E-state index is 4.30. The van der Waals surface area contributed by atoms with Crippen molar-refractivity contribution in [1.82, 2.24) is 4.98 Å². The second kappa shape index (κ2) is 7.29. The van der Waals surface area contributed by atoms with Crippen LogP contribution in [0.25, 0.3) is 0 Å². The summed E-state index contributed by atoms with van der Waals surface area (Å²) < 4.78 is 1.11. The van der Waals surface area contributed by atoms with Crippen molar-refractivity contribution in [3.8, 4) is 0 Å². The standard InChI is InChI=1S/C16H20BrN3/c1-3-8-19-15-9-16(11-18-10-15)20(2)12-13-4-6-14(17)7-5-13/h4-7,9-11,19H,3,8,12H2,1-2H3. The number of nitrogens with zero attached hydrogens (tertiary/aromatic N) is 2. The van der Waals surface area contributed by atoms with Crippen LogP contribution in [0.15, 0.2) is 47.2 Å². The fraction of sp³-hybridized carbons (Fsp3) is 0.312. The zero-order chi connectivity index (χ0) is 14.4. The summed E-state index contributed by atoms with van der Waals surface area (Å²) in [5, 5.41) is 3.37. The molecular weight excluding hydrogens is 314 g/mol. The van der Waals surface area contributed by atoms with Gasteiger partial charge in [-0.3, -0.25) is 4.98 Å². The zero-order valence-corrected chi connectivity index (χ0v) is 13.5. The Bertz CT molecular complexity index is 540. The van der Waals surface area contributed by atoms with E-state index in [0.717, 1.165) is 35.4 Å². The summed E-state index contributed by atoms with van der Waals surface area (Å²) in [7, 11) is 2.09. The minimum absolute atomic E-state index is 0.867. The largest absolute Gasteiger partial charge is 0.384 e. The van der Waals surface area contributed by atoms with Gasteiger partial charge >= 0.3 is 0 Å². The van der Waals surface area contributed by atoms with Crippen molar-refractivity contribution < 1.29 is 0 Å². The third-order valence-electron chi connectivity index (χ3n) is 3.08. The normalized spacial score (nSPS) is 10.3. The summed E-state index contributed by atoms with van der Waals surface area (Å²) in [6.07, 6.45) is 4.88. The predicted molar refractivity (Wildman–Crippen MR) is 89.3 cm³/mol. The number of pyridine rings is 1. The Balaban J connectivity index is 2.04. The van der Waals surface area contributed by atoms with E-state index in [4.69, 9.17) is 0 Å². The predicted octanol–water partition coefficient (Wildman–Crippen LogP) is 4.30. The van der Waals surface area contributed by atoms with Crippen LogP contribution in [0.4, 0.5) is 11.4 Å². The summed E-state index contributed by atoms with van der Waals surface area (Å²) >= 11 is 3.46. The van der Waals surface area contributed by atoms with E-state index in [2.05, 4.69) is 75.4 Å². The van der Waals surface area contributed by atoms with Crippen molar-refractivity contribution >= 4 is 27.3 Å². The topological polar surface area (TPSA) is 28.2 Å². The van der Waals surface area contributed by atoms with Gasteiger partial charge in [0.05, 0.1) is 23.8 Å². The zero-order valence-electron chi connectivity index (χ0n) is 11.9. The SMILES string of the molecule is CCCNc1cncc(N(C)Cc2ccc(Br)cc2)c1. The third-order valence-corrected chi connectivity index (χ3v) is 3.61. The number of hydrogen-bond acceptors (Lipinski definition) is 3. The van der Waals surface area contributed by atoms with Gasteiger partial charge in [0.2, 0.25) is 0 Å². The Morgan fingerprint density at radius 3 is 2.65 bits per heavy atom. The van der Waals surface area contributed by atoms with Gasteiger partial charge in [-0.15, -0.1) is 0 Å². The first-order valence-electron chi connectivity index (χ1n) is 6.83. The van der Waals surface area contributed by atoms with Crippen LogP contribution in [-0.2, 0) is 6.54 Å². The highest BCUT2D eigenvalue weighted by Crippen LogP contribution is 2.19. The highest BCUT2D eigenvalue weighted by molar-refractivity contribution is 9.10. The maximum atomic E-state index is 4.30. The molecule has 4 heteroatoms. The van der Waals surface area contributed by atoms with Gasteiger partial charge < -0.3 is 10.2 Å². The molecule has 0 spiro atoms. The summed E-state index contributed by atoms with van der Waals surface area (Å²) in [6, 6.07) is 10.5. The number of halogens is 1. The molecule has 1 heterocycles. The second-order valence-electron chi connectivity index (χ2n) is 4.84. The van der Waals surface area contributed by atoms with E-state index in [-0.39, 0.29) is 0 Å². The number of aromatic nitrogens is 1. The van der Waals surface area contributed by atoms with E-state index in [1.807, 2.05) is 12.4 Å². The Kier molecular flexibility index (Phi) is 5.41. The van der Waals surface area contributed by atoms with Crippen LogP contribution in [0.1, 0.15) is 18.9 Å². The quantitative estimate of drug-likeness (QED) is 0.854. The molecule has 1 aromatic carbocycles. The van der Waals surface area contributed by atoms with Gasteiger partial charge in [0, 0.05) is 24.6 Å². The molecule has 1 aromatic heterocycles. The lowest BCUT2D eigenvalue weighted by Gasteiger charge is -2.20. The van der Waals surface area contributed by atoms with Crippen LogP contribution >= 0.6 is 15.9 Å². The Labute approximate surface area is 129 Å². The first-order valence-corrected chi connectivity index (χ1v) is 7.63. The summed E-state index contributed by atoms with van der Waals surface area (Å²) in [5.74, 6) is 0. The molecular formula is C16H20BrN3. The molecule has 0 fully saturated rings. The van der Waals surface area contributed by atoms with Crippen molar-refractivity contribution in [2.45, 2.75) is 19.9 Å². The molecule has 0 atom stereocenters. The van der Waals surface area contributed by atoms with Crippen molar-refractivity contribution in [3.05, 3.63) is 52.8 Å². The van der Waals surface area contributed by atoms with Gasteiger partial charge in [0.15, 0.2) is 0 Å². The van der Waals surface area contributed by atoms with E-state index in [0.29, 0.717) is 0 Å². The Morgan fingerprint density at radius 1 is 1.20 bits per heavy atom. The summed E-state index contributed by atoms with van der Waals surface area (Å²) in [5.41, 5.74) is 3.48. The highest BCUT2D eigenvalue weighted by Gasteiger charge is 2.04. The van der Waals surface area contributed by atoms with E-state index in [9.17, 15) is 0 Å². The van der Waals surface area contributed by atoms with Crippen LogP contribution < -0.4 is 10.2 Å². The first kappa shape index (κ1) is 14.9. The van der Waals surface area contributed by atoms with E-state index in [1.54, 1.807) is 0 Å². The van der Waals surface area contributed by atoms with Gasteiger partial charge in [-0.1, -0.05) is 35.0 Å². The number of benzene rings is 1. The van der Waals surface area contributed by atoms with Gasteiger partial charge in [0.1, 0.15) is 0 Å². The lowest BCUT2D eigenvalue weighted by molar-refractivity contribution is 0.916. The maximum Gasteiger partial charge on any atom is 0.0573 e. The van der Waals surface area contributed by atoms with Crippen molar-refractivity contribution in [2.75, 3.05) is 23.8 Å². The smallest absolute Gasteiger partial charge is 0.0573 e. The minimum atomic E-state index is 0.867. The van der Waals surface area contributed by atoms with E-state index in [1.165, 1.54) is 5.56 Å². The van der Waals surface area contributed by atoms with Crippen LogP contribution in [0.2, 0.25) is 0 Å². The fourth-order valence-electron chi connectivity index (χ4n) is 1.96. The van der Waals surface area contributed by atoms with Crippen molar-refractivity contribution in [3.63, 3.8) is 0 Å². The molecule has 2 rings (SSSR count). The van der Waals surface area contributed by atoms with Gasteiger partial charge in [-0.2, -0.15) is 0 Å². The van der Waals surface area contributed by atoms with Crippen LogP contribution in [-0.4, -0.2) is 18.6 Å². The van der Waals surface area contributed by atoms with Gasteiger partial charge in [-0.05, 0) is 30.2 Å². The second-order valence-corrected chi connectivity index (χ2v) is 5.76. The molecule has 0 radical (unpaired) electrons. The number of hydrogen-bond donors (Lipinski definition) is 1. The molecule has 3 nitrogen and oxygen atoms in total. The summed E-state index contributed by atoms with van der Waals surface area (Å²) in [6.45, 7) is 4.00. The molecule has 0 saturated carbocycles. The Hall–Kier alpha value is -1.55. The molecule has 2 aromatic rings. The lowest BCUT2D eigenvalue weighted by atomic mass is 10.2. The minimum Gasteiger partial charge on any atom is -0.384 e. The van der Waals surface area contributed by atoms with E-state index >= 15 is 0 Å². The van der Waals surface area contributed by atoms with Crippen LogP contribution in [0, 0.1) is 0 Å². The third kappa shape index (κ3) is 4.23. The molecule has 0 bridgehead atoms. The monoisotopic (exact) mass is 333 g/mol. The van der Waals surface area contributed by atoms with Crippen LogP contribution in [0.3, 0.4) is 0 Å². The molecule has 0 saturated heterocycles. The average molecular weight is 334 g/mol. The molecule has 20 heavy (non-hydrogen) atoms. The van der Waals surface area contributed by atoms with Crippen molar-refractivity contribution in [2.24, 2.45) is 0 Å². The first-order chi connectivity index (χ1) is 9.69. The Morgan fingerprint density at radius 2 is 1.95 bits per heavy atom. The number of rotatable bonds is 6. The van der Waals surface area contributed by atoms with Crippen molar-refractivity contribution in [1.29, 1.82) is 0 Å². The summed E-state index contributed by atoms with van der Waals surface area (Å²) in [4.78, 5) is 6.50. The van der Waals surface area contributed by atoms with Crippen LogP contribution in [0.5, 0.6) is 0 Å². The highest BCUT2D eigenvalue weighted by atomic mass is 79.9. The molecule has 106 valence electrons. The molecule has 0 aliphatic heterocycles. The molecule has 0 aliphatic rings. The average Bonchev–Trinajstić information content (AvgIpc) is 2.48. The molecule has 0 unspecified atom stereocenters. The lowest BCUT2D eigenvalue weighted by Crippen LogP contribution is -2.16. The fourth-order valence-corrected chi connectivity index (χ4v) is 2.22. The van der Waals surface area contributed by atoms with Gasteiger partial charge in [0.25, 0.3) is 0 Å². The number of anilines is 2. The number of nitrogens with one attached hydrogen (secondary N) is 1. The van der Waals surface area contributed by atoms with Gasteiger partial charge in [-0.25, -0.2) is 0 Å².